The van der Waals surface area contributed by atoms with E-state index in [-0.39, 0.29) is 18.9 Å². The maximum absolute atomic E-state index is 12.9. The largest absolute Gasteiger partial charge is 0.460 e. The van der Waals surface area contributed by atoms with Crippen molar-refractivity contribution in [2.45, 2.75) is 65.6 Å². The van der Waals surface area contributed by atoms with Crippen LogP contribution in [0.25, 0.3) is 11.1 Å². The molecule has 33 heavy (non-hydrogen) atoms. The lowest BCUT2D eigenvalue weighted by atomic mass is 9.93. The minimum atomic E-state index is -0.676. The van der Waals surface area contributed by atoms with Crippen LogP contribution in [-0.2, 0) is 30.3 Å². The van der Waals surface area contributed by atoms with Crippen molar-refractivity contribution in [1.29, 1.82) is 0 Å². The number of carbonyl (C=O) groups excluding carboxylic acids is 3. The zero-order valence-electron chi connectivity index (χ0n) is 20.4. The van der Waals surface area contributed by atoms with Crippen molar-refractivity contribution in [3.05, 3.63) is 60.2 Å². The Bertz CT molecular complexity index is 937. The first-order valence-corrected chi connectivity index (χ1v) is 11.2. The van der Waals surface area contributed by atoms with Gasteiger partial charge >= 0.3 is 11.9 Å². The lowest BCUT2D eigenvalue weighted by molar-refractivity contribution is -0.157. The molecule has 6 heteroatoms. The number of carbonyl (C=O) groups is 3. The number of amides is 1. The van der Waals surface area contributed by atoms with Crippen molar-refractivity contribution in [1.82, 2.24) is 5.32 Å². The van der Waals surface area contributed by atoms with Crippen LogP contribution in [0, 0.1) is 5.92 Å². The molecule has 0 bridgehead atoms. The summed E-state index contributed by atoms with van der Waals surface area (Å²) in [4.78, 5) is 37.3. The molecule has 0 aromatic heterocycles. The van der Waals surface area contributed by atoms with Gasteiger partial charge in [0.15, 0.2) is 0 Å². The molecule has 1 amide bonds. The summed E-state index contributed by atoms with van der Waals surface area (Å²) in [5, 5.41) is 2.61. The molecular weight excluding hydrogens is 418 g/mol. The van der Waals surface area contributed by atoms with E-state index in [0.717, 1.165) is 16.7 Å². The molecule has 1 atom stereocenters. The molecule has 2 aromatic rings. The molecule has 6 nitrogen and oxygen atoms in total. The van der Waals surface area contributed by atoms with Crippen LogP contribution in [0.1, 0.15) is 53.5 Å². The molecule has 178 valence electrons. The van der Waals surface area contributed by atoms with Gasteiger partial charge in [0.2, 0.25) is 5.91 Å². The van der Waals surface area contributed by atoms with E-state index in [2.05, 4.69) is 5.32 Å². The number of hydrogen-bond acceptors (Lipinski definition) is 5. The number of benzene rings is 2. The molecule has 2 rings (SSSR count). The van der Waals surface area contributed by atoms with Crippen molar-refractivity contribution in [3.8, 4) is 11.1 Å². The van der Waals surface area contributed by atoms with Crippen LogP contribution in [-0.4, -0.2) is 35.6 Å². The van der Waals surface area contributed by atoms with Crippen LogP contribution in [0.5, 0.6) is 0 Å². The second kappa shape index (κ2) is 11.1. The fourth-order valence-electron chi connectivity index (χ4n) is 3.27. The summed E-state index contributed by atoms with van der Waals surface area (Å²) >= 11 is 0. The van der Waals surface area contributed by atoms with Gasteiger partial charge in [0.05, 0.1) is 12.3 Å². The van der Waals surface area contributed by atoms with E-state index in [9.17, 15) is 14.4 Å². The summed E-state index contributed by atoms with van der Waals surface area (Å²) in [6.07, 6.45) is 0.256. The van der Waals surface area contributed by atoms with E-state index in [4.69, 9.17) is 9.47 Å². The van der Waals surface area contributed by atoms with Gasteiger partial charge in [-0.25, -0.2) is 0 Å². The monoisotopic (exact) mass is 453 g/mol. The Morgan fingerprint density at radius 3 is 1.82 bits per heavy atom. The summed E-state index contributed by atoms with van der Waals surface area (Å²) in [7, 11) is 0. The predicted molar refractivity (Wildman–Crippen MR) is 128 cm³/mol. The van der Waals surface area contributed by atoms with E-state index < -0.39 is 29.1 Å². The Labute approximate surface area is 196 Å². The van der Waals surface area contributed by atoms with E-state index in [0.29, 0.717) is 6.42 Å². The third kappa shape index (κ3) is 9.89. The molecule has 0 unspecified atom stereocenters. The SMILES string of the molecule is CC(C)(C)OC(=O)CNC(=O)[C@@H](CC(=O)OC(C)(C)C)Cc1ccc(-c2ccccc2)cc1. The molecular formula is C27H35NO5. The summed E-state index contributed by atoms with van der Waals surface area (Å²) in [5.41, 5.74) is 1.79. The highest BCUT2D eigenvalue weighted by atomic mass is 16.6. The Kier molecular flexibility index (Phi) is 8.80. The highest BCUT2D eigenvalue weighted by Gasteiger charge is 2.27. The number of ether oxygens (including phenoxy) is 2. The highest BCUT2D eigenvalue weighted by Crippen LogP contribution is 2.22. The third-order valence-electron chi connectivity index (χ3n) is 4.57. The lowest BCUT2D eigenvalue weighted by Crippen LogP contribution is -2.39. The van der Waals surface area contributed by atoms with E-state index in [1.807, 2.05) is 54.6 Å². The molecule has 0 aliphatic heterocycles. The molecule has 0 aliphatic carbocycles. The zero-order valence-corrected chi connectivity index (χ0v) is 20.4. The van der Waals surface area contributed by atoms with Crippen LogP contribution in [0.4, 0.5) is 0 Å². The number of esters is 2. The molecule has 0 fully saturated rings. The van der Waals surface area contributed by atoms with Crippen molar-refractivity contribution < 1.29 is 23.9 Å². The van der Waals surface area contributed by atoms with Gasteiger partial charge < -0.3 is 14.8 Å². The topological polar surface area (TPSA) is 81.7 Å². The van der Waals surface area contributed by atoms with Crippen molar-refractivity contribution in [2.24, 2.45) is 5.92 Å². The second-order valence-corrected chi connectivity index (χ2v) is 10.1. The first kappa shape index (κ1) is 26.1. The number of nitrogens with one attached hydrogen (secondary N) is 1. The quantitative estimate of drug-likeness (QED) is 0.586. The highest BCUT2D eigenvalue weighted by molar-refractivity contribution is 5.87. The minimum absolute atomic E-state index is 0.0855. The van der Waals surface area contributed by atoms with Crippen molar-refractivity contribution in [2.75, 3.05) is 6.54 Å². The van der Waals surface area contributed by atoms with Crippen LogP contribution in [0.2, 0.25) is 0 Å². The van der Waals surface area contributed by atoms with Gasteiger partial charge in [-0.3, -0.25) is 14.4 Å². The Hall–Kier alpha value is -3.15. The molecule has 1 N–H and O–H groups in total. The van der Waals surface area contributed by atoms with Crippen molar-refractivity contribution >= 4 is 17.8 Å². The summed E-state index contributed by atoms with van der Waals surface area (Å²) in [6.45, 7) is 10.4. The molecule has 0 heterocycles. The first-order valence-electron chi connectivity index (χ1n) is 11.2. The molecule has 0 spiro atoms. The summed E-state index contributed by atoms with van der Waals surface area (Å²) in [5.74, 6) is -2.05. The van der Waals surface area contributed by atoms with Crippen LogP contribution >= 0.6 is 0 Å². The fraction of sp³-hybridized carbons (Fsp3) is 0.444. The molecule has 0 aliphatic rings. The lowest BCUT2D eigenvalue weighted by Gasteiger charge is -2.23. The average Bonchev–Trinajstić information content (AvgIpc) is 2.70. The van der Waals surface area contributed by atoms with Gasteiger partial charge in [0.1, 0.15) is 17.7 Å². The smallest absolute Gasteiger partial charge is 0.325 e. The second-order valence-electron chi connectivity index (χ2n) is 10.1. The van der Waals surface area contributed by atoms with Gasteiger partial charge in [-0.2, -0.15) is 0 Å². The van der Waals surface area contributed by atoms with E-state index >= 15 is 0 Å². The normalized spacial score (nSPS) is 12.5. The first-order chi connectivity index (χ1) is 15.3. The maximum Gasteiger partial charge on any atom is 0.325 e. The fourth-order valence-corrected chi connectivity index (χ4v) is 3.27. The standard InChI is InChI=1S/C27H35NO5/c1-26(2,3)32-23(29)17-22(25(31)28-18-24(30)33-27(4,5)6)16-19-12-14-21(15-13-19)20-10-8-7-9-11-20/h7-15,22H,16-18H2,1-6H3,(H,28,31)/t22-/m1/s1. The van der Waals surface area contributed by atoms with Gasteiger partial charge in [-0.1, -0.05) is 54.6 Å². The van der Waals surface area contributed by atoms with Gasteiger partial charge in [-0.15, -0.1) is 0 Å². The Morgan fingerprint density at radius 1 is 0.758 bits per heavy atom. The van der Waals surface area contributed by atoms with Crippen LogP contribution < -0.4 is 5.32 Å². The van der Waals surface area contributed by atoms with E-state index in [1.54, 1.807) is 41.5 Å². The third-order valence-corrected chi connectivity index (χ3v) is 4.57. The number of hydrogen-bond donors (Lipinski definition) is 1. The average molecular weight is 454 g/mol. The van der Waals surface area contributed by atoms with Gasteiger partial charge in [0.25, 0.3) is 0 Å². The summed E-state index contributed by atoms with van der Waals surface area (Å²) in [6, 6.07) is 17.9. The number of rotatable bonds is 8. The Balaban J connectivity index is 2.10. The van der Waals surface area contributed by atoms with Crippen LogP contribution in [0.3, 0.4) is 0 Å². The maximum atomic E-state index is 12.9. The van der Waals surface area contributed by atoms with Gasteiger partial charge in [-0.05, 0) is 64.7 Å². The minimum Gasteiger partial charge on any atom is -0.460 e. The van der Waals surface area contributed by atoms with E-state index in [1.165, 1.54) is 0 Å². The van der Waals surface area contributed by atoms with Gasteiger partial charge in [0, 0.05) is 0 Å². The molecule has 0 radical (unpaired) electrons. The predicted octanol–water partition coefficient (Wildman–Crippen LogP) is 4.70. The zero-order chi connectivity index (χ0) is 24.6. The Morgan fingerprint density at radius 2 is 1.27 bits per heavy atom. The molecule has 0 saturated carbocycles. The molecule has 2 aromatic carbocycles. The van der Waals surface area contributed by atoms with Crippen LogP contribution in [0.15, 0.2) is 54.6 Å². The molecule has 0 saturated heterocycles. The summed E-state index contributed by atoms with van der Waals surface area (Å²) < 4.78 is 10.7. The van der Waals surface area contributed by atoms with Crippen molar-refractivity contribution in [3.63, 3.8) is 0 Å².